The fraction of sp³-hybridized carbons (Fsp3) is 0.596. The van der Waals surface area contributed by atoms with E-state index in [-0.39, 0.29) is 49.5 Å². The summed E-state index contributed by atoms with van der Waals surface area (Å²) in [5.74, 6) is -12.6. The van der Waals surface area contributed by atoms with E-state index in [2.05, 4.69) is 31.6 Å². The lowest BCUT2D eigenvalue weighted by atomic mass is 9.86. The molecule has 3 aliphatic rings. The molecule has 3 aliphatic heterocycles. The second-order valence-electron chi connectivity index (χ2n) is 18.2. The zero-order valence-electron chi connectivity index (χ0n) is 39.7. The van der Waals surface area contributed by atoms with Crippen molar-refractivity contribution < 1.29 is 67.7 Å². The third-order valence-corrected chi connectivity index (χ3v) is 14.2. The minimum absolute atomic E-state index is 0.0695. The molecule has 0 aliphatic carbocycles. The Morgan fingerprint density at radius 2 is 1.48 bits per heavy atom. The molecule has 1 saturated heterocycles. The van der Waals surface area contributed by atoms with Gasteiger partial charge in [-0.2, -0.15) is 0 Å². The number of carbonyl (C=O) groups is 11. The number of hydrogen-bond acceptors (Lipinski definition) is 14. The molecule has 1 fully saturated rings. The van der Waals surface area contributed by atoms with Crippen molar-refractivity contribution in [3.8, 4) is 5.75 Å². The Bertz CT molecular complexity index is 2370. The Kier molecular flexibility index (Phi) is 18.6. The third kappa shape index (κ3) is 13.8. The number of aromatic nitrogens is 1. The van der Waals surface area contributed by atoms with E-state index in [9.17, 15) is 63.0 Å². The van der Waals surface area contributed by atoms with Crippen molar-refractivity contribution in [3.63, 3.8) is 0 Å². The second kappa shape index (κ2) is 23.9. The zero-order chi connectivity index (χ0) is 50.9. The SMILES string of the molecule is CCC(=O)Cc1cc2c3c([nH]c2cc1OC(C)=O)SC[C@@H]1NC(=O)CNC(=O)[C@H]([C@@H](C)CC)NC(=O)CNC(=O)[C@@H](CC(=O)[C@H](C(C)CC)NC(=O)[C@@H]2C[C@@H](O)CN2C(=O)[C@H](CC(=O)O)CC1=O)C3. The summed E-state index contributed by atoms with van der Waals surface area (Å²) < 4.78 is 5.53. The van der Waals surface area contributed by atoms with Crippen LogP contribution in [0.2, 0.25) is 0 Å². The smallest absolute Gasteiger partial charge is 0.308 e. The van der Waals surface area contributed by atoms with Gasteiger partial charge in [-0.3, -0.25) is 52.7 Å². The Morgan fingerprint density at radius 1 is 0.826 bits per heavy atom. The number of aliphatic carboxylic acids is 1. The number of hydrogen-bond donors (Lipinski definition) is 8. The number of Topliss-reactive ketones (excluding diaryl/α,β-unsaturated/α-hetero) is 3. The molecule has 1 unspecified atom stereocenters. The molecule has 22 heteroatoms. The van der Waals surface area contributed by atoms with Crippen molar-refractivity contribution >= 4 is 87.4 Å². The zero-order valence-corrected chi connectivity index (χ0v) is 40.5. The molecule has 376 valence electrons. The van der Waals surface area contributed by atoms with Crippen LogP contribution in [0.25, 0.3) is 10.9 Å². The number of esters is 1. The fourth-order valence-corrected chi connectivity index (χ4v) is 9.93. The average molecular weight is 982 g/mol. The van der Waals surface area contributed by atoms with Crippen molar-refractivity contribution in [1.82, 2.24) is 36.5 Å². The number of carboxylic acid groups (broad SMARTS) is 1. The van der Waals surface area contributed by atoms with Crippen LogP contribution in [0.15, 0.2) is 17.2 Å². The molecule has 1 aromatic heterocycles. The highest BCUT2D eigenvalue weighted by molar-refractivity contribution is 7.99. The molecule has 0 radical (unpaired) electrons. The van der Waals surface area contributed by atoms with Gasteiger partial charge in [-0.1, -0.05) is 47.5 Å². The lowest BCUT2D eigenvalue weighted by molar-refractivity contribution is -0.148. The first kappa shape index (κ1) is 53.8. The minimum atomic E-state index is -1.58. The number of carbonyl (C=O) groups excluding carboxylic acids is 10. The van der Waals surface area contributed by atoms with Crippen LogP contribution >= 0.6 is 11.8 Å². The number of amides is 6. The van der Waals surface area contributed by atoms with Gasteiger partial charge in [0, 0.05) is 74.3 Å². The van der Waals surface area contributed by atoms with E-state index in [4.69, 9.17) is 4.74 Å². The van der Waals surface area contributed by atoms with Gasteiger partial charge in [0.05, 0.1) is 54.2 Å². The number of nitrogens with zero attached hydrogens (tertiary/aromatic N) is 1. The number of aromatic amines is 1. The molecule has 6 amide bonds. The number of nitrogens with one attached hydrogen (secondary N) is 6. The molecule has 21 nitrogen and oxygen atoms in total. The summed E-state index contributed by atoms with van der Waals surface area (Å²) >= 11 is 0.995. The molecule has 0 spiro atoms. The molecule has 5 rings (SSSR count). The normalized spacial score (nSPS) is 25.8. The average Bonchev–Trinajstić information content (AvgIpc) is 3.86. The van der Waals surface area contributed by atoms with E-state index in [1.54, 1.807) is 40.7 Å². The van der Waals surface area contributed by atoms with Crippen molar-refractivity contribution in [2.24, 2.45) is 23.7 Å². The van der Waals surface area contributed by atoms with Gasteiger partial charge in [-0.25, -0.2) is 0 Å². The molecule has 2 aromatic rings. The van der Waals surface area contributed by atoms with Gasteiger partial charge < -0.3 is 51.4 Å². The number of rotatable bonds is 10. The van der Waals surface area contributed by atoms with Crippen LogP contribution in [-0.2, 0) is 65.6 Å². The summed E-state index contributed by atoms with van der Waals surface area (Å²) in [5.41, 5.74) is 1.08. The van der Waals surface area contributed by atoms with Crippen LogP contribution in [-0.4, -0.2) is 140 Å². The number of ketones is 3. The number of carboxylic acids is 1. The number of fused-ring (bicyclic) bond motifs is 5. The Labute approximate surface area is 403 Å². The quantitative estimate of drug-likeness (QED) is 0.120. The third-order valence-electron chi connectivity index (χ3n) is 13.1. The monoisotopic (exact) mass is 981 g/mol. The molecular weight excluding hydrogens is 919 g/mol. The summed E-state index contributed by atoms with van der Waals surface area (Å²) in [6, 6.07) is -2.15. The molecule has 2 bridgehead atoms. The lowest BCUT2D eigenvalue weighted by Gasteiger charge is -2.31. The Morgan fingerprint density at radius 3 is 2.12 bits per heavy atom. The molecule has 0 saturated carbocycles. The topological polar surface area (TPSA) is 317 Å². The highest BCUT2D eigenvalue weighted by Gasteiger charge is 2.44. The molecule has 8 N–H and O–H groups in total. The predicted molar refractivity (Wildman–Crippen MR) is 248 cm³/mol. The van der Waals surface area contributed by atoms with Crippen LogP contribution in [0.4, 0.5) is 0 Å². The number of ether oxygens (including phenoxy) is 1. The van der Waals surface area contributed by atoms with Crippen LogP contribution in [0.3, 0.4) is 0 Å². The number of aliphatic hydroxyl groups excluding tert-OH is 1. The van der Waals surface area contributed by atoms with E-state index in [1.165, 1.54) is 13.0 Å². The molecule has 69 heavy (non-hydrogen) atoms. The summed E-state index contributed by atoms with van der Waals surface area (Å²) in [7, 11) is 0. The van der Waals surface area contributed by atoms with Crippen LogP contribution in [0, 0.1) is 23.7 Å². The predicted octanol–water partition coefficient (Wildman–Crippen LogP) is 0.643. The lowest BCUT2D eigenvalue weighted by Crippen LogP contribution is -2.55. The summed E-state index contributed by atoms with van der Waals surface area (Å²) in [6.45, 7) is 8.15. The van der Waals surface area contributed by atoms with E-state index < -0.39 is 145 Å². The van der Waals surface area contributed by atoms with Gasteiger partial charge in [0.1, 0.15) is 23.6 Å². The van der Waals surface area contributed by atoms with Gasteiger partial charge >= 0.3 is 11.9 Å². The molecule has 1 aromatic carbocycles. The number of benzene rings is 1. The largest absolute Gasteiger partial charge is 0.481 e. The molecule has 9 atom stereocenters. The van der Waals surface area contributed by atoms with E-state index in [1.807, 2.05) is 0 Å². The van der Waals surface area contributed by atoms with Gasteiger partial charge in [0.2, 0.25) is 35.4 Å². The highest BCUT2D eigenvalue weighted by atomic mass is 32.2. The molecular formula is C47H63N7O14S. The fourth-order valence-electron chi connectivity index (χ4n) is 8.77. The van der Waals surface area contributed by atoms with Crippen molar-refractivity contribution in [2.45, 2.75) is 135 Å². The molecule has 4 heterocycles. The highest BCUT2D eigenvalue weighted by Crippen LogP contribution is 2.37. The number of H-pyrrole nitrogens is 1. The standard InChI is InChI=1S/C47H63N7O14S/c1-7-22(4)41-36(59)13-26-12-31-30-11-25(10-28(56)9-3)37(68-24(6)55)17-32(30)51-46(31)69-21-33(50-38(60)18-49-45(66)42(23(5)8-2)52-39(61)19-48-43(26)64)35(58)14-27(15-40(62)63)47(67)54-20-29(57)16-34(54)44(65)53-41/h11,17,22-23,26-27,29,33-34,41-42,51,57H,7-10,12-16,18-21H2,1-6H3,(H,48,64)(H,49,66)(H,50,60)(H,52,61)(H,53,65)(H,62,63)/t22?,23-,26+,27-,29+,33-,34-,41-,42-/m0/s1. The second-order valence-corrected chi connectivity index (χ2v) is 19.2. The number of aliphatic hydroxyl groups is 1. The first-order valence-electron chi connectivity index (χ1n) is 23.3. The summed E-state index contributed by atoms with van der Waals surface area (Å²) in [4.78, 5) is 155. The minimum Gasteiger partial charge on any atom is -0.481 e. The maximum absolute atomic E-state index is 14.7. The van der Waals surface area contributed by atoms with Gasteiger partial charge in [0.15, 0.2) is 11.6 Å². The van der Waals surface area contributed by atoms with Crippen molar-refractivity contribution in [2.75, 3.05) is 25.4 Å². The maximum atomic E-state index is 14.7. The van der Waals surface area contributed by atoms with Crippen molar-refractivity contribution in [1.29, 1.82) is 0 Å². The Hall–Kier alpha value is -6.16. The summed E-state index contributed by atoms with van der Waals surface area (Å²) in [5, 5.41) is 34.6. The number of thioether (sulfide) groups is 1. The van der Waals surface area contributed by atoms with Crippen LogP contribution in [0.5, 0.6) is 5.75 Å². The van der Waals surface area contributed by atoms with E-state index in [0.29, 0.717) is 39.9 Å². The summed E-state index contributed by atoms with van der Waals surface area (Å²) in [6.07, 6.45) is -3.05. The first-order chi connectivity index (χ1) is 32.6. The Balaban J connectivity index is 1.77. The van der Waals surface area contributed by atoms with E-state index in [0.717, 1.165) is 16.7 Å². The van der Waals surface area contributed by atoms with Crippen molar-refractivity contribution in [3.05, 3.63) is 23.3 Å². The first-order valence-corrected chi connectivity index (χ1v) is 24.3. The van der Waals surface area contributed by atoms with Gasteiger partial charge in [-0.05, 0) is 29.9 Å². The van der Waals surface area contributed by atoms with E-state index >= 15 is 0 Å². The van der Waals surface area contributed by atoms with Crippen LogP contribution in [0.1, 0.15) is 97.6 Å². The maximum Gasteiger partial charge on any atom is 0.308 e. The van der Waals surface area contributed by atoms with Gasteiger partial charge in [-0.15, -0.1) is 11.8 Å². The van der Waals surface area contributed by atoms with Gasteiger partial charge in [0.25, 0.3) is 0 Å². The van der Waals surface area contributed by atoms with Crippen LogP contribution < -0.4 is 31.3 Å².